The summed E-state index contributed by atoms with van der Waals surface area (Å²) in [5.41, 5.74) is 6.44. The molecule has 2 N–H and O–H groups in total. The lowest BCUT2D eigenvalue weighted by Gasteiger charge is -2.18. The van der Waals surface area contributed by atoms with Gasteiger partial charge in [0.05, 0.1) is 7.11 Å². The van der Waals surface area contributed by atoms with Gasteiger partial charge in [-0.3, -0.25) is 0 Å². The first-order valence-electron chi connectivity index (χ1n) is 4.75. The lowest BCUT2D eigenvalue weighted by atomic mass is 10.3. The van der Waals surface area contributed by atoms with E-state index in [4.69, 9.17) is 10.5 Å². The maximum absolute atomic E-state index is 5.75. The number of aromatic nitrogens is 1. The molecule has 14 heavy (non-hydrogen) atoms. The fraction of sp³-hybridized carbons (Fsp3) is 0.500. The van der Waals surface area contributed by atoms with E-state index < -0.39 is 0 Å². The molecule has 2 rings (SSSR count). The van der Waals surface area contributed by atoms with Crippen molar-refractivity contribution in [2.24, 2.45) is 0 Å². The normalized spacial score (nSPS) is 15.3. The van der Waals surface area contributed by atoms with Crippen molar-refractivity contribution in [3.63, 3.8) is 0 Å². The fourth-order valence-electron chi connectivity index (χ4n) is 1.44. The average molecular weight is 193 g/mol. The van der Waals surface area contributed by atoms with Gasteiger partial charge in [-0.1, -0.05) is 0 Å². The van der Waals surface area contributed by atoms with Crippen LogP contribution < -0.4 is 15.4 Å². The molecule has 76 valence electrons. The van der Waals surface area contributed by atoms with Gasteiger partial charge in [-0.15, -0.1) is 0 Å². The van der Waals surface area contributed by atoms with Gasteiger partial charge in [0.15, 0.2) is 0 Å². The maximum Gasteiger partial charge on any atom is 0.216 e. The molecule has 1 saturated carbocycles. The van der Waals surface area contributed by atoms with Crippen molar-refractivity contribution in [3.8, 4) is 5.88 Å². The van der Waals surface area contributed by atoms with Gasteiger partial charge in [0, 0.05) is 30.9 Å². The molecule has 4 heteroatoms. The maximum atomic E-state index is 5.75. The van der Waals surface area contributed by atoms with Gasteiger partial charge in [0.1, 0.15) is 5.82 Å². The number of pyridine rings is 1. The van der Waals surface area contributed by atoms with Gasteiger partial charge in [-0.2, -0.15) is 4.98 Å². The molecule has 0 unspecified atom stereocenters. The summed E-state index contributed by atoms with van der Waals surface area (Å²) in [6.07, 6.45) is 2.49. The number of ether oxygens (including phenoxy) is 1. The van der Waals surface area contributed by atoms with Gasteiger partial charge >= 0.3 is 0 Å². The number of nitrogens with zero attached hydrogens (tertiary/aromatic N) is 2. The topological polar surface area (TPSA) is 51.4 Å². The standard InChI is InChI=1S/C10H15N3O/c1-13(8-3-4-8)9-5-7(11)6-10(12-9)14-2/h5-6,8H,3-4H2,1-2H3,(H2,11,12). The van der Waals surface area contributed by atoms with Crippen molar-refractivity contribution in [2.45, 2.75) is 18.9 Å². The Morgan fingerprint density at radius 1 is 1.50 bits per heavy atom. The van der Waals surface area contributed by atoms with E-state index in [9.17, 15) is 0 Å². The van der Waals surface area contributed by atoms with E-state index in [0.717, 1.165) is 5.82 Å². The number of methoxy groups -OCH3 is 1. The highest BCUT2D eigenvalue weighted by Crippen LogP contribution is 2.30. The zero-order chi connectivity index (χ0) is 10.1. The van der Waals surface area contributed by atoms with Gasteiger partial charge < -0.3 is 15.4 Å². The summed E-state index contributed by atoms with van der Waals surface area (Å²) in [4.78, 5) is 6.49. The van der Waals surface area contributed by atoms with Crippen molar-refractivity contribution >= 4 is 11.5 Å². The second kappa shape index (κ2) is 3.36. The third-order valence-corrected chi connectivity index (χ3v) is 2.48. The first-order chi connectivity index (χ1) is 6.70. The van der Waals surface area contributed by atoms with Crippen molar-refractivity contribution in [3.05, 3.63) is 12.1 Å². The Hall–Kier alpha value is -1.45. The van der Waals surface area contributed by atoms with Crippen LogP contribution in [0, 0.1) is 0 Å². The minimum Gasteiger partial charge on any atom is -0.481 e. The minimum absolute atomic E-state index is 0.576. The Morgan fingerprint density at radius 3 is 2.79 bits per heavy atom. The number of hydrogen-bond acceptors (Lipinski definition) is 4. The van der Waals surface area contributed by atoms with Gasteiger partial charge in [-0.05, 0) is 12.8 Å². The fourth-order valence-corrected chi connectivity index (χ4v) is 1.44. The summed E-state index contributed by atoms with van der Waals surface area (Å²) < 4.78 is 5.07. The van der Waals surface area contributed by atoms with Crippen LogP contribution in [0.25, 0.3) is 0 Å². The van der Waals surface area contributed by atoms with Crippen LogP contribution in [0.3, 0.4) is 0 Å². The second-order valence-corrected chi connectivity index (χ2v) is 3.64. The molecule has 4 nitrogen and oxygen atoms in total. The van der Waals surface area contributed by atoms with Gasteiger partial charge in [0.25, 0.3) is 0 Å². The first-order valence-corrected chi connectivity index (χ1v) is 4.75. The molecule has 1 aromatic rings. The van der Waals surface area contributed by atoms with Crippen molar-refractivity contribution < 1.29 is 4.74 Å². The van der Waals surface area contributed by atoms with Crippen molar-refractivity contribution in [1.29, 1.82) is 0 Å². The smallest absolute Gasteiger partial charge is 0.216 e. The Kier molecular flexibility index (Phi) is 2.19. The summed E-state index contributed by atoms with van der Waals surface area (Å²) in [7, 11) is 3.64. The molecule has 1 aliphatic carbocycles. The lowest BCUT2D eigenvalue weighted by Crippen LogP contribution is -2.20. The predicted molar refractivity (Wildman–Crippen MR) is 56.6 cm³/mol. The van der Waals surface area contributed by atoms with Crippen molar-refractivity contribution in [1.82, 2.24) is 4.98 Å². The van der Waals surface area contributed by atoms with Crippen LogP contribution in [0.2, 0.25) is 0 Å². The molecule has 0 aromatic carbocycles. The molecule has 0 aliphatic heterocycles. The van der Waals surface area contributed by atoms with E-state index in [-0.39, 0.29) is 0 Å². The SMILES string of the molecule is COc1cc(N)cc(N(C)C2CC2)n1. The Labute approximate surface area is 83.7 Å². The number of nitrogen functional groups attached to an aromatic ring is 1. The molecule has 1 aliphatic rings. The number of hydrogen-bond donors (Lipinski definition) is 1. The average Bonchev–Trinajstić information content (AvgIpc) is 2.99. The minimum atomic E-state index is 0.576. The summed E-state index contributed by atoms with van der Waals surface area (Å²) >= 11 is 0. The van der Waals surface area contributed by atoms with Crippen LogP contribution in [0.4, 0.5) is 11.5 Å². The predicted octanol–water partition coefficient (Wildman–Crippen LogP) is 1.27. The van der Waals surface area contributed by atoms with Crippen LogP contribution in [-0.2, 0) is 0 Å². The van der Waals surface area contributed by atoms with Crippen LogP contribution in [0.1, 0.15) is 12.8 Å². The molecule has 1 aromatic heterocycles. The highest BCUT2D eigenvalue weighted by molar-refractivity contribution is 5.54. The quantitative estimate of drug-likeness (QED) is 0.785. The highest BCUT2D eigenvalue weighted by Gasteiger charge is 2.27. The van der Waals surface area contributed by atoms with Crippen LogP contribution in [0.5, 0.6) is 5.88 Å². The molecule has 0 bridgehead atoms. The molecular weight excluding hydrogens is 178 g/mol. The zero-order valence-corrected chi connectivity index (χ0v) is 8.53. The van der Waals surface area contributed by atoms with E-state index in [1.54, 1.807) is 13.2 Å². The molecule has 0 saturated heterocycles. The zero-order valence-electron chi connectivity index (χ0n) is 8.53. The summed E-state index contributed by atoms with van der Waals surface area (Å²) in [6.45, 7) is 0. The Balaban J connectivity index is 2.27. The first kappa shape index (κ1) is 9.12. The molecule has 1 heterocycles. The van der Waals surface area contributed by atoms with E-state index in [1.165, 1.54) is 12.8 Å². The summed E-state index contributed by atoms with van der Waals surface area (Å²) in [5, 5.41) is 0. The second-order valence-electron chi connectivity index (χ2n) is 3.64. The van der Waals surface area contributed by atoms with Crippen LogP contribution in [0.15, 0.2) is 12.1 Å². The Bertz CT molecular complexity index is 336. The lowest BCUT2D eigenvalue weighted by molar-refractivity contribution is 0.398. The summed E-state index contributed by atoms with van der Waals surface area (Å²) in [5.74, 6) is 1.47. The van der Waals surface area contributed by atoms with Gasteiger partial charge in [0.2, 0.25) is 5.88 Å². The van der Waals surface area contributed by atoms with Crippen LogP contribution in [-0.4, -0.2) is 25.2 Å². The molecule has 1 fully saturated rings. The van der Waals surface area contributed by atoms with E-state index in [2.05, 4.69) is 9.88 Å². The largest absolute Gasteiger partial charge is 0.481 e. The third kappa shape index (κ3) is 1.73. The monoisotopic (exact) mass is 193 g/mol. The number of rotatable bonds is 3. The highest BCUT2D eigenvalue weighted by atomic mass is 16.5. The Morgan fingerprint density at radius 2 is 2.21 bits per heavy atom. The van der Waals surface area contributed by atoms with Gasteiger partial charge in [-0.25, -0.2) is 0 Å². The van der Waals surface area contributed by atoms with Crippen molar-refractivity contribution in [2.75, 3.05) is 24.8 Å². The van der Waals surface area contributed by atoms with E-state index >= 15 is 0 Å². The number of nitrogens with two attached hydrogens (primary N) is 1. The summed E-state index contributed by atoms with van der Waals surface area (Å²) in [6, 6.07) is 4.24. The van der Waals surface area contributed by atoms with E-state index in [1.807, 2.05) is 13.1 Å². The van der Waals surface area contributed by atoms with E-state index in [0.29, 0.717) is 17.6 Å². The third-order valence-electron chi connectivity index (χ3n) is 2.48. The molecule has 0 spiro atoms. The molecule has 0 amide bonds. The molecule has 0 radical (unpaired) electrons. The number of anilines is 2. The molecule has 0 atom stereocenters. The van der Waals surface area contributed by atoms with Crippen LogP contribution >= 0.6 is 0 Å². The molecular formula is C10H15N3O.